The van der Waals surface area contributed by atoms with Crippen molar-refractivity contribution in [2.75, 3.05) is 5.32 Å². The van der Waals surface area contributed by atoms with Crippen molar-refractivity contribution in [1.82, 2.24) is 5.32 Å². The van der Waals surface area contributed by atoms with Crippen LogP contribution in [0.3, 0.4) is 0 Å². The van der Waals surface area contributed by atoms with E-state index in [1.807, 2.05) is 51.1 Å². The Morgan fingerprint density at radius 3 is 2.08 bits per heavy atom. The molecular formula is C19H22N2O3. The van der Waals surface area contributed by atoms with Crippen LogP contribution in [0.2, 0.25) is 0 Å². The first-order valence-corrected chi connectivity index (χ1v) is 7.89. The molecule has 0 aliphatic rings. The summed E-state index contributed by atoms with van der Waals surface area (Å²) in [6.45, 7) is 5.71. The number of anilines is 1. The lowest BCUT2D eigenvalue weighted by molar-refractivity contribution is -0.136. The third-order valence-corrected chi connectivity index (χ3v) is 3.34. The van der Waals surface area contributed by atoms with E-state index in [1.54, 1.807) is 24.3 Å². The Morgan fingerprint density at radius 1 is 0.875 bits per heavy atom. The van der Waals surface area contributed by atoms with Crippen LogP contribution in [-0.4, -0.2) is 17.9 Å². The fourth-order valence-electron chi connectivity index (χ4n) is 2.16. The number of amides is 2. The molecule has 0 fully saturated rings. The van der Waals surface area contributed by atoms with Crippen molar-refractivity contribution < 1.29 is 14.3 Å². The van der Waals surface area contributed by atoms with Gasteiger partial charge in [-0.2, -0.15) is 0 Å². The maximum atomic E-state index is 12.0. The fourth-order valence-corrected chi connectivity index (χ4v) is 2.16. The normalized spacial score (nSPS) is 11.7. The molecule has 2 rings (SSSR count). The van der Waals surface area contributed by atoms with Gasteiger partial charge in [-0.05, 0) is 50.6 Å². The summed E-state index contributed by atoms with van der Waals surface area (Å²) in [7, 11) is 0. The number of benzene rings is 2. The molecule has 1 atom stereocenters. The maximum Gasteiger partial charge on any atom is 0.313 e. The molecule has 2 aromatic rings. The van der Waals surface area contributed by atoms with Gasteiger partial charge in [0.05, 0.1) is 12.1 Å². The molecule has 0 saturated heterocycles. The summed E-state index contributed by atoms with van der Waals surface area (Å²) in [6.07, 6.45) is 0.0793. The van der Waals surface area contributed by atoms with Gasteiger partial charge in [0.2, 0.25) is 0 Å². The molecule has 0 aromatic heterocycles. The predicted molar refractivity (Wildman–Crippen MR) is 93.8 cm³/mol. The highest BCUT2D eigenvalue weighted by Gasteiger charge is 2.17. The average Bonchev–Trinajstić information content (AvgIpc) is 2.56. The van der Waals surface area contributed by atoms with Crippen molar-refractivity contribution in [3.8, 4) is 5.75 Å². The van der Waals surface area contributed by atoms with Gasteiger partial charge in [-0.25, -0.2) is 0 Å². The highest BCUT2D eigenvalue weighted by molar-refractivity contribution is 6.39. The quantitative estimate of drug-likeness (QED) is 0.829. The minimum atomic E-state index is -0.699. The molecule has 0 bridgehead atoms. The van der Waals surface area contributed by atoms with Gasteiger partial charge in [0, 0.05) is 5.69 Å². The Balaban J connectivity index is 1.90. The first kappa shape index (κ1) is 17.5. The van der Waals surface area contributed by atoms with Crippen molar-refractivity contribution >= 4 is 17.5 Å². The Morgan fingerprint density at radius 2 is 1.50 bits per heavy atom. The SMILES string of the molecule is CC(C)Oc1ccc(NC(=O)C(=O)N[C@H](C)c2ccccc2)cc1. The summed E-state index contributed by atoms with van der Waals surface area (Å²) < 4.78 is 5.53. The second kappa shape index (κ2) is 8.15. The second-order valence-electron chi connectivity index (χ2n) is 5.75. The van der Waals surface area contributed by atoms with Crippen LogP contribution in [0.4, 0.5) is 5.69 Å². The Kier molecular flexibility index (Phi) is 5.95. The zero-order valence-corrected chi connectivity index (χ0v) is 14.1. The molecule has 0 aliphatic heterocycles. The van der Waals surface area contributed by atoms with Crippen molar-refractivity contribution in [3.63, 3.8) is 0 Å². The summed E-state index contributed by atoms with van der Waals surface area (Å²) in [6, 6.07) is 16.1. The number of nitrogens with one attached hydrogen (secondary N) is 2. The van der Waals surface area contributed by atoms with E-state index in [9.17, 15) is 9.59 Å². The van der Waals surface area contributed by atoms with Gasteiger partial charge in [0.15, 0.2) is 0 Å². The summed E-state index contributed by atoms with van der Waals surface area (Å²) in [4.78, 5) is 24.0. The van der Waals surface area contributed by atoms with Gasteiger partial charge < -0.3 is 15.4 Å². The second-order valence-corrected chi connectivity index (χ2v) is 5.75. The topological polar surface area (TPSA) is 67.4 Å². The van der Waals surface area contributed by atoms with Crippen molar-refractivity contribution in [1.29, 1.82) is 0 Å². The smallest absolute Gasteiger partial charge is 0.313 e. The molecule has 126 valence electrons. The molecule has 0 radical (unpaired) electrons. The van der Waals surface area contributed by atoms with Gasteiger partial charge in [0.25, 0.3) is 0 Å². The summed E-state index contributed by atoms with van der Waals surface area (Å²) >= 11 is 0. The van der Waals surface area contributed by atoms with Gasteiger partial charge in [-0.1, -0.05) is 30.3 Å². The molecule has 0 saturated carbocycles. The highest BCUT2D eigenvalue weighted by Crippen LogP contribution is 2.17. The van der Waals surface area contributed by atoms with Crippen LogP contribution in [0.15, 0.2) is 54.6 Å². The van der Waals surface area contributed by atoms with Crippen LogP contribution >= 0.6 is 0 Å². The van der Waals surface area contributed by atoms with E-state index in [2.05, 4.69) is 10.6 Å². The fraction of sp³-hybridized carbons (Fsp3) is 0.263. The van der Waals surface area contributed by atoms with E-state index in [-0.39, 0.29) is 12.1 Å². The molecule has 24 heavy (non-hydrogen) atoms. The van der Waals surface area contributed by atoms with Crippen LogP contribution in [-0.2, 0) is 9.59 Å². The van der Waals surface area contributed by atoms with E-state index >= 15 is 0 Å². The minimum Gasteiger partial charge on any atom is -0.491 e. The van der Waals surface area contributed by atoms with Crippen LogP contribution in [0.1, 0.15) is 32.4 Å². The molecule has 5 heteroatoms. The van der Waals surface area contributed by atoms with Gasteiger partial charge in [-0.3, -0.25) is 9.59 Å². The number of hydrogen-bond acceptors (Lipinski definition) is 3. The number of hydrogen-bond donors (Lipinski definition) is 2. The van der Waals surface area contributed by atoms with Crippen molar-refractivity contribution in [3.05, 3.63) is 60.2 Å². The minimum absolute atomic E-state index is 0.0793. The van der Waals surface area contributed by atoms with Crippen LogP contribution < -0.4 is 15.4 Å². The molecular weight excluding hydrogens is 304 g/mol. The highest BCUT2D eigenvalue weighted by atomic mass is 16.5. The van der Waals surface area contributed by atoms with Gasteiger partial charge in [-0.15, -0.1) is 0 Å². The first-order chi connectivity index (χ1) is 11.5. The molecule has 0 spiro atoms. The zero-order valence-electron chi connectivity index (χ0n) is 14.1. The number of carbonyl (C=O) groups excluding carboxylic acids is 2. The molecule has 2 aromatic carbocycles. The molecule has 0 unspecified atom stereocenters. The number of carbonyl (C=O) groups is 2. The number of rotatable bonds is 5. The third kappa shape index (κ3) is 5.12. The van der Waals surface area contributed by atoms with Gasteiger partial charge >= 0.3 is 11.8 Å². The monoisotopic (exact) mass is 326 g/mol. The third-order valence-electron chi connectivity index (χ3n) is 3.34. The van der Waals surface area contributed by atoms with E-state index < -0.39 is 11.8 Å². The van der Waals surface area contributed by atoms with Crippen LogP contribution in [0.5, 0.6) is 5.75 Å². The molecule has 2 N–H and O–H groups in total. The Bertz CT molecular complexity index is 682. The number of ether oxygens (including phenoxy) is 1. The van der Waals surface area contributed by atoms with E-state index in [4.69, 9.17) is 4.74 Å². The van der Waals surface area contributed by atoms with E-state index in [0.29, 0.717) is 11.4 Å². The standard InChI is InChI=1S/C19H22N2O3/c1-13(2)24-17-11-9-16(10-12-17)21-19(23)18(22)20-14(3)15-7-5-4-6-8-15/h4-14H,1-3H3,(H,20,22)(H,21,23)/t14-/m1/s1. The van der Waals surface area contributed by atoms with E-state index in [1.165, 1.54) is 0 Å². The van der Waals surface area contributed by atoms with Crippen molar-refractivity contribution in [2.24, 2.45) is 0 Å². The molecule has 0 aliphatic carbocycles. The summed E-state index contributed by atoms with van der Waals surface area (Å²) in [5.41, 5.74) is 1.48. The average molecular weight is 326 g/mol. The summed E-state index contributed by atoms with van der Waals surface area (Å²) in [5, 5.41) is 5.25. The predicted octanol–water partition coefficient (Wildman–Crippen LogP) is 3.29. The molecule has 2 amide bonds. The summed E-state index contributed by atoms with van der Waals surface area (Å²) in [5.74, 6) is -0.658. The maximum absolute atomic E-state index is 12.0. The Labute approximate surface area is 142 Å². The molecule has 0 heterocycles. The van der Waals surface area contributed by atoms with E-state index in [0.717, 1.165) is 5.56 Å². The lowest BCUT2D eigenvalue weighted by Gasteiger charge is -2.14. The van der Waals surface area contributed by atoms with Crippen molar-refractivity contribution in [2.45, 2.75) is 32.9 Å². The van der Waals surface area contributed by atoms with Crippen LogP contribution in [0, 0.1) is 0 Å². The lowest BCUT2D eigenvalue weighted by atomic mass is 10.1. The Hall–Kier alpha value is -2.82. The van der Waals surface area contributed by atoms with Gasteiger partial charge in [0.1, 0.15) is 5.75 Å². The largest absolute Gasteiger partial charge is 0.491 e. The van der Waals surface area contributed by atoms with Crippen LogP contribution in [0.25, 0.3) is 0 Å². The lowest BCUT2D eigenvalue weighted by Crippen LogP contribution is -2.36. The first-order valence-electron chi connectivity index (χ1n) is 7.89. The molecule has 5 nitrogen and oxygen atoms in total. The zero-order chi connectivity index (χ0) is 17.5.